The number of nitrogens with one attached hydrogen (secondary N) is 1. The number of hydrogen-bond donors (Lipinski definition) is 1. The van der Waals surface area contributed by atoms with Crippen LogP contribution in [0, 0.1) is 20.8 Å². The molecule has 0 aromatic heterocycles. The number of carbonyl (C=O) groups excluding carboxylic acids is 1. The van der Waals surface area contributed by atoms with E-state index in [1.807, 2.05) is 63.2 Å². The normalized spacial score (nSPS) is 16.3. The third kappa shape index (κ3) is 3.86. The Morgan fingerprint density at radius 3 is 2.45 bits per heavy atom. The number of benzene rings is 3. The molecule has 0 aliphatic carbocycles. The molecule has 0 amide bonds. The van der Waals surface area contributed by atoms with Crippen LogP contribution in [-0.2, 0) is 16.6 Å². The topological polar surface area (TPSA) is 66.5 Å². The van der Waals surface area contributed by atoms with E-state index in [-0.39, 0.29) is 11.4 Å². The monoisotopic (exact) mass is 432 g/mol. The molecule has 1 heterocycles. The van der Waals surface area contributed by atoms with Crippen LogP contribution in [0.4, 0.5) is 11.4 Å². The predicted molar refractivity (Wildman–Crippen MR) is 125 cm³/mol. The summed E-state index contributed by atoms with van der Waals surface area (Å²) in [6, 6.07) is 20.3. The van der Waals surface area contributed by atoms with Crippen LogP contribution in [0.5, 0.6) is 0 Å². The Balaban J connectivity index is 1.80. The summed E-state index contributed by atoms with van der Waals surface area (Å²) in [5, 5.41) is 3.05. The van der Waals surface area contributed by atoms with Gasteiger partial charge in [-0.25, -0.2) is 8.42 Å². The van der Waals surface area contributed by atoms with E-state index in [1.165, 1.54) is 10.5 Å². The molecule has 3 aromatic rings. The van der Waals surface area contributed by atoms with Crippen molar-refractivity contribution in [2.24, 2.45) is 0 Å². The molecule has 5 nitrogen and oxygen atoms in total. The van der Waals surface area contributed by atoms with Crippen LogP contribution in [0.2, 0.25) is 0 Å². The molecule has 0 saturated carbocycles. The Morgan fingerprint density at radius 2 is 1.68 bits per heavy atom. The van der Waals surface area contributed by atoms with Gasteiger partial charge in [0.2, 0.25) is 5.78 Å². The molecule has 1 aliphatic heterocycles. The van der Waals surface area contributed by atoms with Gasteiger partial charge in [0.15, 0.2) is 4.91 Å². The maximum atomic E-state index is 13.5. The van der Waals surface area contributed by atoms with Crippen LogP contribution in [0.15, 0.2) is 77.8 Å². The molecule has 31 heavy (non-hydrogen) atoms. The molecular formula is C25H24N2O3S. The number of ketones is 1. The van der Waals surface area contributed by atoms with Crippen LogP contribution in [0.1, 0.15) is 32.6 Å². The molecule has 0 atom stereocenters. The summed E-state index contributed by atoms with van der Waals surface area (Å²) < 4.78 is 28.4. The van der Waals surface area contributed by atoms with Gasteiger partial charge in [-0.15, -0.1) is 0 Å². The van der Waals surface area contributed by atoms with E-state index in [4.69, 9.17) is 0 Å². The number of allylic oxidation sites excluding steroid dienone is 1. The number of aryl methyl sites for hydroxylation is 2. The highest BCUT2D eigenvalue weighted by Crippen LogP contribution is 2.36. The summed E-state index contributed by atoms with van der Waals surface area (Å²) in [4.78, 5) is 12.9. The number of fused-ring (bicyclic) bond motifs is 1. The van der Waals surface area contributed by atoms with Gasteiger partial charge < -0.3 is 5.32 Å². The molecule has 0 bridgehead atoms. The SMILES string of the molecule is Cc1cccc(CN2c3ccccc3C(=O)/C(=C\Nc3cccc(C)c3C)S2(=O)=O)c1. The number of nitrogens with zero attached hydrogens (tertiary/aromatic N) is 1. The Bertz CT molecular complexity index is 1310. The average Bonchev–Trinajstić information content (AvgIpc) is 2.74. The minimum atomic E-state index is -4.05. The van der Waals surface area contributed by atoms with Crippen molar-refractivity contribution in [1.82, 2.24) is 0 Å². The number of para-hydroxylation sites is 1. The Morgan fingerprint density at radius 1 is 0.935 bits per heavy atom. The number of sulfonamides is 1. The fourth-order valence-corrected chi connectivity index (χ4v) is 5.25. The summed E-state index contributed by atoms with van der Waals surface area (Å²) in [6.45, 7) is 6.04. The molecule has 0 spiro atoms. The second-order valence-corrected chi connectivity index (χ2v) is 9.58. The lowest BCUT2D eigenvalue weighted by Gasteiger charge is -2.31. The van der Waals surface area contributed by atoms with E-state index in [9.17, 15) is 13.2 Å². The summed E-state index contributed by atoms with van der Waals surface area (Å²) in [5.74, 6) is -0.506. The smallest absolute Gasteiger partial charge is 0.270 e. The van der Waals surface area contributed by atoms with Crippen LogP contribution in [0.25, 0.3) is 0 Å². The number of hydrogen-bond acceptors (Lipinski definition) is 4. The van der Waals surface area contributed by atoms with Gasteiger partial charge in [-0.2, -0.15) is 0 Å². The van der Waals surface area contributed by atoms with Gasteiger partial charge in [-0.3, -0.25) is 9.10 Å². The minimum absolute atomic E-state index is 0.148. The van der Waals surface area contributed by atoms with Crippen molar-refractivity contribution >= 4 is 27.2 Å². The largest absolute Gasteiger partial charge is 0.360 e. The molecule has 6 heteroatoms. The summed E-state index contributed by atoms with van der Waals surface area (Å²) in [7, 11) is -4.05. The number of rotatable bonds is 4. The van der Waals surface area contributed by atoms with Gasteiger partial charge in [-0.05, 0) is 55.7 Å². The quantitative estimate of drug-likeness (QED) is 0.583. The van der Waals surface area contributed by atoms with Gasteiger partial charge in [-0.1, -0.05) is 54.1 Å². The molecule has 0 unspecified atom stereocenters. The van der Waals surface area contributed by atoms with Crippen molar-refractivity contribution in [3.05, 3.63) is 106 Å². The standard InChI is InChI=1S/C25H24N2O3S/c1-17-8-6-10-20(14-17)16-27-23-13-5-4-11-21(23)25(28)24(31(27,29)30)15-26-22-12-7-9-18(2)19(22)3/h4-15,26H,16H2,1-3H3/b24-15+. The fraction of sp³-hybridized carbons (Fsp3) is 0.160. The van der Waals surface area contributed by atoms with Crippen LogP contribution >= 0.6 is 0 Å². The number of anilines is 2. The maximum absolute atomic E-state index is 13.5. The molecule has 0 saturated heterocycles. The van der Waals surface area contributed by atoms with E-state index in [2.05, 4.69) is 5.32 Å². The second kappa shape index (κ2) is 8.04. The van der Waals surface area contributed by atoms with Crippen molar-refractivity contribution in [2.45, 2.75) is 27.3 Å². The first-order valence-corrected chi connectivity index (χ1v) is 11.5. The summed E-state index contributed by atoms with van der Waals surface area (Å²) in [6.07, 6.45) is 1.32. The van der Waals surface area contributed by atoms with Crippen LogP contribution in [0.3, 0.4) is 0 Å². The average molecular weight is 433 g/mol. The van der Waals surface area contributed by atoms with E-state index < -0.39 is 15.8 Å². The molecule has 4 rings (SSSR count). The van der Waals surface area contributed by atoms with Crippen molar-refractivity contribution in [3.8, 4) is 0 Å². The summed E-state index contributed by atoms with van der Waals surface area (Å²) in [5.41, 5.74) is 5.51. The van der Waals surface area contributed by atoms with E-state index >= 15 is 0 Å². The number of carbonyl (C=O) groups is 1. The predicted octanol–water partition coefficient (Wildman–Crippen LogP) is 5.10. The highest BCUT2D eigenvalue weighted by Gasteiger charge is 2.40. The van der Waals surface area contributed by atoms with E-state index in [1.54, 1.807) is 24.3 Å². The van der Waals surface area contributed by atoms with Gasteiger partial charge in [0.05, 0.1) is 12.2 Å². The first kappa shape index (κ1) is 20.9. The fourth-order valence-electron chi connectivity index (χ4n) is 3.72. The minimum Gasteiger partial charge on any atom is -0.360 e. The van der Waals surface area contributed by atoms with Gasteiger partial charge >= 0.3 is 0 Å². The van der Waals surface area contributed by atoms with Crippen molar-refractivity contribution in [1.29, 1.82) is 0 Å². The third-order valence-electron chi connectivity index (χ3n) is 5.58. The van der Waals surface area contributed by atoms with E-state index in [0.717, 1.165) is 27.9 Å². The molecule has 0 radical (unpaired) electrons. The maximum Gasteiger partial charge on any atom is 0.270 e. The lowest BCUT2D eigenvalue weighted by atomic mass is 10.1. The van der Waals surface area contributed by atoms with Crippen LogP contribution in [-0.4, -0.2) is 14.2 Å². The number of Topliss-reactive ketones (excluding diaryl/α,β-unsaturated/α-hetero) is 1. The zero-order valence-corrected chi connectivity index (χ0v) is 18.5. The lowest BCUT2D eigenvalue weighted by molar-refractivity contribution is 0.104. The Kier molecular flexibility index (Phi) is 5.41. The van der Waals surface area contributed by atoms with Crippen molar-refractivity contribution in [3.63, 3.8) is 0 Å². The first-order chi connectivity index (χ1) is 14.8. The van der Waals surface area contributed by atoms with Crippen molar-refractivity contribution < 1.29 is 13.2 Å². The molecule has 1 aliphatic rings. The van der Waals surface area contributed by atoms with Gasteiger partial charge in [0.1, 0.15) is 0 Å². The molecular weight excluding hydrogens is 408 g/mol. The highest BCUT2D eigenvalue weighted by atomic mass is 32.2. The first-order valence-electron chi connectivity index (χ1n) is 10.0. The highest BCUT2D eigenvalue weighted by molar-refractivity contribution is 7.97. The van der Waals surface area contributed by atoms with Gasteiger partial charge in [0.25, 0.3) is 10.0 Å². The van der Waals surface area contributed by atoms with E-state index in [0.29, 0.717) is 11.3 Å². The van der Waals surface area contributed by atoms with Gasteiger partial charge in [0, 0.05) is 17.5 Å². The van der Waals surface area contributed by atoms with Crippen LogP contribution < -0.4 is 9.62 Å². The lowest BCUT2D eigenvalue weighted by Crippen LogP contribution is -2.39. The molecule has 0 fully saturated rings. The molecule has 1 N–H and O–H groups in total. The Hall–Kier alpha value is -3.38. The zero-order valence-electron chi connectivity index (χ0n) is 17.7. The van der Waals surface area contributed by atoms with Crippen molar-refractivity contribution in [2.75, 3.05) is 9.62 Å². The molecule has 3 aromatic carbocycles. The Labute approximate surface area is 183 Å². The summed E-state index contributed by atoms with van der Waals surface area (Å²) >= 11 is 0. The second-order valence-electron chi connectivity index (χ2n) is 7.75. The zero-order chi connectivity index (χ0) is 22.2. The molecule has 158 valence electrons. The third-order valence-corrected chi connectivity index (χ3v) is 7.35.